The molecule has 7 nitrogen and oxygen atoms in total. The van der Waals surface area contributed by atoms with E-state index in [1.807, 2.05) is 78.3 Å². The number of hydrogen-bond acceptors (Lipinski definition) is 5. The average molecular weight is 449 g/mol. The van der Waals surface area contributed by atoms with Crippen molar-refractivity contribution in [2.75, 3.05) is 10.6 Å². The van der Waals surface area contributed by atoms with E-state index >= 15 is 0 Å². The highest BCUT2D eigenvalue weighted by atomic mass is 16.1. The Morgan fingerprint density at radius 1 is 1.00 bits per heavy atom. The molecule has 0 unspecified atom stereocenters. The van der Waals surface area contributed by atoms with Crippen LogP contribution in [0.3, 0.4) is 0 Å². The summed E-state index contributed by atoms with van der Waals surface area (Å²) in [4.78, 5) is 26.2. The zero-order valence-electron chi connectivity index (χ0n) is 19.0. The molecule has 0 aliphatic rings. The largest absolute Gasteiger partial charge is 0.340 e. The van der Waals surface area contributed by atoms with Gasteiger partial charge in [-0.25, -0.2) is 15.0 Å². The van der Waals surface area contributed by atoms with Gasteiger partial charge in [0.05, 0.1) is 5.69 Å². The standard InChI is InChI=1S/C27H24N6O/c1-3-19-9-10-22(30-25-13-18(2)28-17-29-25)15-23(19)32-27(34)21-11-12-33-16-24(31-26(33)14-21)20-7-5-4-6-8-20/h4-17H,3H2,1-2H3,(H,32,34)(H,28,29,30). The fourth-order valence-electron chi connectivity index (χ4n) is 3.82. The van der Waals surface area contributed by atoms with Gasteiger partial charge in [0.2, 0.25) is 0 Å². The topological polar surface area (TPSA) is 84.2 Å². The van der Waals surface area contributed by atoms with Crippen LogP contribution in [0.5, 0.6) is 0 Å². The minimum absolute atomic E-state index is 0.184. The maximum Gasteiger partial charge on any atom is 0.255 e. The number of aromatic nitrogens is 4. The minimum atomic E-state index is -0.184. The number of benzene rings is 2. The van der Waals surface area contributed by atoms with Gasteiger partial charge in [-0.15, -0.1) is 0 Å². The number of amides is 1. The lowest BCUT2D eigenvalue weighted by Gasteiger charge is -2.13. The molecule has 7 heteroatoms. The summed E-state index contributed by atoms with van der Waals surface area (Å²) in [6, 6.07) is 21.4. The SMILES string of the molecule is CCc1ccc(Nc2cc(C)ncn2)cc1NC(=O)c1ccn2cc(-c3ccccc3)nc2c1. The summed E-state index contributed by atoms with van der Waals surface area (Å²) in [7, 11) is 0. The molecule has 0 fully saturated rings. The molecule has 0 saturated carbocycles. The van der Waals surface area contributed by atoms with Crippen LogP contribution in [0.4, 0.5) is 17.2 Å². The van der Waals surface area contributed by atoms with Crippen molar-refractivity contribution in [3.05, 3.63) is 102 Å². The number of nitrogens with zero attached hydrogens (tertiary/aromatic N) is 4. The number of nitrogens with one attached hydrogen (secondary N) is 2. The van der Waals surface area contributed by atoms with Gasteiger partial charge in [0.1, 0.15) is 17.8 Å². The normalized spacial score (nSPS) is 10.9. The quantitative estimate of drug-likeness (QED) is 0.350. The predicted molar refractivity (Wildman–Crippen MR) is 134 cm³/mol. The first kappa shape index (κ1) is 21.3. The first-order valence-corrected chi connectivity index (χ1v) is 11.1. The Hall–Kier alpha value is -4.52. The van der Waals surface area contributed by atoms with Crippen LogP contribution in [0.2, 0.25) is 0 Å². The van der Waals surface area contributed by atoms with E-state index in [0.29, 0.717) is 11.4 Å². The van der Waals surface area contributed by atoms with Crippen LogP contribution in [-0.2, 0) is 6.42 Å². The van der Waals surface area contributed by atoms with Gasteiger partial charge in [0.15, 0.2) is 0 Å². The molecular formula is C27H24N6O. The Morgan fingerprint density at radius 3 is 2.65 bits per heavy atom. The van der Waals surface area contributed by atoms with Crippen molar-refractivity contribution < 1.29 is 4.79 Å². The van der Waals surface area contributed by atoms with Crippen LogP contribution in [0.1, 0.15) is 28.5 Å². The van der Waals surface area contributed by atoms with E-state index in [1.165, 1.54) is 6.33 Å². The number of hydrogen-bond donors (Lipinski definition) is 2. The Labute approximate surface area is 197 Å². The predicted octanol–water partition coefficient (Wildman–Crippen LogP) is 5.66. The zero-order chi connectivity index (χ0) is 23.5. The third kappa shape index (κ3) is 4.49. The number of imidazole rings is 1. The average Bonchev–Trinajstić information content (AvgIpc) is 3.28. The van der Waals surface area contributed by atoms with Gasteiger partial charge >= 0.3 is 0 Å². The third-order valence-electron chi connectivity index (χ3n) is 5.61. The van der Waals surface area contributed by atoms with E-state index in [-0.39, 0.29) is 5.91 Å². The molecule has 1 amide bonds. The highest BCUT2D eigenvalue weighted by Gasteiger charge is 2.12. The molecule has 0 spiro atoms. The molecule has 3 heterocycles. The van der Waals surface area contributed by atoms with Crippen molar-refractivity contribution in [3.63, 3.8) is 0 Å². The summed E-state index contributed by atoms with van der Waals surface area (Å²) in [6.07, 6.45) is 6.14. The molecule has 0 radical (unpaired) electrons. The van der Waals surface area contributed by atoms with Gasteiger partial charge in [0, 0.05) is 46.7 Å². The minimum Gasteiger partial charge on any atom is -0.340 e. The highest BCUT2D eigenvalue weighted by Crippen LogP contribution is 2.25. The molecule has 3 aromatic heterocycles. The molecule has 0 aliphatic heterocycles. The van der Waals surface area contributed by atoms with Gasteiger partial charge in [0.25, 0.3) is 5.91 Å². The molecule has 5 aromatic rings. The second kappa shape index (κ2) is 9.15. The Morgan fingerprint density at radius 2 is 1.85 bits per heavy atom. The van der Waals surface area contributed by atoms with E-state index in [9.17, 15) is 4.79 Å². The van der Waals surface area contributed by atoms with Crippen LogP contribution in [0.25, 0.3) is 16.9 Å². The number of carbonyl (C=O) groups excluding carboxylic acids is 1. The molecule has 0 saturated heterocycles. The van der Waals surface area contributed by atoms with Crippen LogP contribution in [-0.4, -0.2) is 25.3 Å². The second-order valence-electron chi connectivity index (χ2n) is 8.02. The first-order valence-electron chi connectivity index (χ1n) is 11.1. The lowest BCUT2D eigenvalue weighted by molar-refractivity contribution is 0.102. The number of aryl methyl sites for hydroxylation is 2. The summed E-state index contributed by atoms with van der Waals surface area (Å²) in [5.74, 6) is 0.518. The van der Waals surface area contributed by atoms with Gasteiger partial charge in [-0.2, -0.15) is 0 Å². The molecule has 5 rings (SSSR count). The monoisotopic (exact) mass is 448 g/mol. The number of fused-ring (bicyclic) bond motifs is 1. The highest BCUT2D eigenvalue weighted by molar-refractivity contribution is 6.05. The van der Waals surface area contributed by atoms with Crippen molar-refractivity contribution in [2.45, 2.75) is 20.3 Å². The molecule has 168 valence electrons. The molecule has 0 bridgehead atoms. The summed E-state index contributed by atoms with van der Waals surface area (Å²) >= 11 is 0. The van der Waals surface area contributed by atoms with Crippen LogP contribution < -0.4 is 10.6 Å². The third-order valence-corrected chi connectivity index (χ3v) is 5.61. The van der Waals surface area contributed by atoms with Crippen LogP contribution in [0, 0.1) is 6.92 Å². The Bertz CT molecular complexity index is 1480. The van der Waals surface area contributed by atoms with E-state index in [2.05, 4.69) is 27.5 Å². The molecule has 0 atom stereocenters. The maximum absolute atomic E-state index is 13.1. The fraction of sp³-hybridized carbons (Fsp3) is 0.111. The lowest BCUT2D eigenvalue weighted by Crippen LogP contribution is -2.14. The van der Waals surface area contributed by atoms with Gasteiger partial charge < -0.3 is 15.0 Å². The van der Waals surface area contributed by atoms with Gasteiger partial charge in [-0.1, -0.05) is 43.3 Å². The van der Waals surface area contributed by atoms with E-state index in [0.717, 1.165) is 46.0 Å². The summed E-state index contributed by atoms with van der Waals surface area (Å²) in [6.45, 7) is 3.98. The summed E-state index contributed by atoms with van der Waals surface area (Å²) < 4.78 is 1.92. The van der Waals surface area contributed by atoms with E-state index < -0.39 is 0 Å². The van der Waals surface area contributed by atoms with Crippen molar-refractivity contribution in [1.82, 2.24) is 19.4 Å². The number of anilines is 3. The molecule has 2 N–H and O–H groups in total. The summed E-state index contributed by atoms with van der Waals surface area (Å²) in [5.41, 5.74) is 6.68. The van der Waals surface area contributed by atoms with Crippen molar-refractivity contribution >= 4 is 28.7 Å². The number of rotatable bonds is 6. The smallest absolute Gasteiger partial charge is 0.255 e. The van der Waals surface area contributed by atoms with Crippen molar-refractivity contribution in [3.8, 4) is 11.3 Å². The van der Waals surface area contributed by atoms with Crippen LogP contribution >= 0.6 is 0 Å². The molecule has 34 heavy (non-hydrogen) atoms. The Balaban J connectivity index is 1.39. The lowest BCUT2D eigenvalue weighted by atomic mass is 10.1. The van der Waals surface area contributed by atoms with Crippen LogP contribution in [0.15, 0.2) is 85.5 Å². The molecular weight excluding hydrogens is 424 g/mol. The van der Waals surface area contributed by atoms with E-state index in [4.69, 9.17) is 4.98 Å². The van der Waals surface area contributed by atoms with Gasteiger partial charge in [-0.3, -0.25) is 4.79 Å². The number of carbonyl (C=O) groups is 1. The molecule has 0 aliphatic carbocycles. The van der Waals surface area contributed by atoms with Crippen molar-refractivity contribution in [1.29, 1.82) is 0 Å². The van der Waals surface area contributed by atoms with Crippen molar-refractivity contribution in [2.24, 2.45) is 0 Å². The number of pyridine rings is 1. The maximum atomic E-state index is 13.1. The van der Waals surface area contributed by atoms with E-state index in [1.54, 1.807) is 12.1 Å². The Kier molecular flexibility index (Phi) is 5.74. The summed E-state index contributed by atoms with van der Waals surface area (Å²) in [5, 5.41) is 6.35. The first-order chi connectivity index (χ1) is 16.6. The van der Waals surface area contributed by atoms with Gasteiger partial charge in [-0.05, 0) is 43.2 Å². The fourth-order valence-corrected chi connectivity index (χ4v) is 3.82. The molecule has 2 aromatic carbocycles. The second-order valence-corrected chi connectivity index (χ2v) is 8.02. The zero-order valence-corrected chi connectivity index (χ0v) is 19.0.